The third kappa shape index (κ3) is 4.56. The number of carbonyl (C=O) groups is 3. The monoisotopic (exact) mass is 567 g/mol. The maximum absolute atomic E-state index is 13.2. The lowest BCUT2D eigenvalue weighted by Crippen LogP contribution is -2.37. The normalized spacial score (nSPS) is 30.8. The number of alkyl halides is 2. The summed E-state index contributed by atoms with van der Waals surface area (Å²) in [6.45, 7) is 2.20. The number of hydrogen-bond donors (Lipinski definition) is 0. The molecule has 2 amide bonds. The van der Waals surface area contributed by atoms with Crippen LogP contribution in [0.4, 0.5) is 5.69 Å². The van der Waals surface area contributed by atoms with Crippen molar-refractivity contribution in [2.45, 2.75) is 74.4 Å². The summed E-state index contributed by atoms with van der Waals surface area (Å²) in [6, 6.07) is 6.81. The third-order valence-corrected chi connectivity index (χ3v) is 10.5. The highest BCUT2D eigenvalue weighted by Gasteiger charge is 2.66. The summed E-state index contributed by atoms with van der Waals surface area (Å²) >= 11 is 7.43. The summed E-state index contributed by atoms with van der Waals surface area (Å²) in [6.07, 6.45) is 9.28. The van der Waals surface area contributed by atoms with Gasteiger partial charge in [0.15, 0.2) is 0 Å². The van der Waals surface area contributed by atoms with Crippen LogP contribution in [0.25, 0.3) is 0 Å². The Morgan fingerprint density at radius 3 is 2.19 bits per heavy atom. The lowest BCUT2D eigenvalue weighted by Gasteiger charge is -2.28. The maximum atomic E-state index is 13.2. The molecule has 32 heavy (non-hydrogen) atoms. The molecule has 2 saturated carbocycles. The van der Waals surface area contributed by atoms with Crippen LogP contribution in [0.15, 0.2) is 24.3 Å². The van der Waals surface area contributed by atoms with E-state index in [1.54, 1.807) is 24.3 Å². The first-order valence-corrected chi connectivity index (χ1v) is 13.7. The van der Waals surface area contributed by atoms with Gasteiger partial charge in [-0.1, -0.05) is 83.4 Å². The molecule has 174 valence electrons. The molecule has 2 aliphatic carbocycles. The molecule has 2 bridgehead atoms. The third-order valence-electron chi connectivity index (χ3n) is 7.28. The smallest absolute Gasteiger partial charge is 0.311 e. The molecule has 7 heteroatoms. The van der Waals surface area contributed by atoms with Gasteiger partial charge in [0.05, 0.1) is 17.5 Å². The second-order valence-corrected chi connectivity index (χ2v) is 11.5. The fraction of sp³-hybridized carbons (Fsp3) is 0.640. The van der Waals surface area contributed by atoms with Gasteiger partial charge in [-0.05, 0) is 36.8 Å². The van der Waals surface area contributed by atoms with Crippen LogP contribution >= 0.6 is 31.9 Å². The van der Waals surface area contributed by atoms with Gasteiger partial charge in [-0.25, -0.2) is 4.90 Å². The Morgan fingerprint density at radius 2 is 1.56 bits per heavy atom. The first-order chi connectivity index (χ1) is 15.4. The predicted molar refractivity (Wildman–Crippen MR) is 131 cm³/mol. The minimum Gasteiger partial charge on any atom is -0.426 e. The summed E-state index contributed by atoms with van der Waals surface area (Å²) in [5.41, 5.74) is 0.493. The largest absolute Gasteiger partial charge is 0.426 e. The van der Waals surface area contributed by atoms with E-state index in [0.29, 0.717) is 17.9 Å². The minimum absolute atomic E-state index is 0.122. The van der Waals surface area contributed by atoms with Crippen LogP contribution in [0.1, 0.15) is 64.7 Å². The quantitative estimate of drug-likeness (QED) is 0.114. The van der Waals surface area contributed by atoms with Crippen LogP contribution in [0.2, 0.25) is 0 Å². The number of fused-ring (bicyclic) bond motifs is 5. The van der Waals surface area contributed by atoms with Crippen molar-refractivity contribution in [3.8, 4) is 5.75 Å². The zero-order valence-electron chi connectivity index (χ0n) is 18.5. The Labute approximate surface area is 206 Å². The molecule has 0 unspecified atom stereocenters. The molecule has 3 fully saturated rings. The second kappa shape index (κ2) is 10.4. The van der Waals surface area contributed by atoms with Crippen LogP contribution in [0.5, 0.6) is 5.75 Å². The summed E-state index contributed by atoms with van der Waals surface area (Å²) in [7, 11) is 0. The van der Waals surface area contributed by atoms with Crippen molar-refractivity contribution in [2.24, 2.45) is 23.7 Å². The molecule has 3 aliphatic rings. The van der Waals surface area contributed by atoms with E-state index in [-0.39, 0.29) is 51.1 Å². The average Bonchev–Trinajstić information content (AvgIpc) is 3.38. The lowest BCUT2D eigenvalue weighted by atomic mass is 9.81. The molecule has 1 heterocycles. The molecule has 5 nitrogen and oxygen atoms in total. The Kier molecular flexibility index (Phi) is 7.76. The molecule has 0 N–H and O–H groups in total. The van der Waals surface area contributed by atoms with Gasteiger partial charge in [0.1, 0.15) is 5.75 Å². The molecular weight excluding hydrogens is 538 g/mol. The number of amides is 2. The predicted octanol–water partition coefficient (Wildman–Crippen LogP) is 6.02. The fourth-order valence-electron chi connectivity index (χ4n) is 5.70. The number of unbranched alkanes of at least 4 members (excludes halogenated alkanes) is 6. The molecule has 0 radical (unpaired) electrons. The number of rotatable bonds is 10. The summed E-state index contributed by atoms with van der Waals surface area (Å²) in [5, 5.41) is 0. The number of benzene rings is 1. The minimum atomic E-state index is -0.269. The second-order valence-electron chi connectivity index (χ2n) is 9.36. The maximum Gasteiger partial charge on any atom is 0.311 e. The van der Waals surface area contributed by atoms with Gasteiger partial charge in [0.25, 0.3) is 0 Å². The van der Waals surface area contributed by atoms with E-state index in [2.05, 4.69) is 38.8 Å². The Balaban J connectivity index is 1.34. The molecule has 1 saturated heterocycles. The van der Waals surface area contributed by atoms with Crippen LogP contribution in [0.3, 0.4) is 0 Å². The Bertz CT molecular complexity index is 843. The molecule has 1 aromatic carbocycles. The van der Waals surface area contributed by atoms with E-state index in [0.717, 1.165) is 25.7 Å². The van der Waals surface area contributed by atoms with E-state index in [1.807, 2.05) is 0 Å². The Hall–Kier alpha value is -1.21. The van der Waals surface area contributed by atoms with Gasteiger partial charge in [0, 0.05) is 22.1 Å². The molecule has 0 aromatic heterocycles. The summed E-state index contributed by atoms with van der Waals surface area (Å²) in [4.78, 5) is 40.4. The topological polar surface area (TPSA) is 63.7 Å². The highest BCUT2D eigenvalue weighted by Crippen LogP contribution is 2.60. The van der Waals surface area contributed by atoms with Crippen molar-refractivity contribution < 1.29 is 19.1 Å². The number of esters is 1. The van der Waals surface area contributed by atoms with Crippen molar-refractivity contribution in [1.82, 2.24) is 0 Å². The van der Waals surface area contributed by atoms with Crippen molar-refractivity contribution >= 4 is 55.3 Å². The molecular formula is C25H31Br2NO4. The standard InChI is InChI=1S/C25H31Br2NO4/c1-2-3-4-5-6-7-8-12-19(29)32-16-11-9-10-15(13-16)28-24(30)20-17-14-18(21(20)25(28)31)23(27)22(17)26/h9-11,13,17-18,20-23H,2-8,12,14H2,1H3/t17-,18-,20-,21+,22-,23+/m0/s1. The van der Waals surface area contributed by atoms with E-state index in [1.165, 1.54) is 30.6 Å². The summed E-state index contributed by atoms with van der Waals surface area (Å²) in [5.74, 6) is -0.284. The fourth-order valence-corrected chi connectivity index (χ4v) is 7.57. The van der Waals surface area contributed by atoms with Crippen LogP contribution in [-0.2, 0) is 14.4 Å². The zero-order chi connectivity index (χ0) is 22.8. The highest BCUT2D eigenvalue weighted by molar-refractivity contribution is 9.12. The van der Waals surface area contributed by atoms with E-state index in [9.17, 15) is 14.4 Å². The summed E-state index contributed by atoms with van der Waals surface area (Å²) < 4.78 is 5.51. The number of carbonyl (C=O) groups excluding carboxylic acids is 3. The molecule has 0 spiro atoms. The highest BCUT2D eigenvalue weighted by atomic mass is 79.9. The zero-order valence-corrected chi connectivity index (χ0v) is 21.6. The van der Waals surface area contributed by atoms with E-state index in [4.69, 9.17) is 4.74 Å². The van der Waals surface area contributed by atoms with Gasteiger partial charge < -0.3 is 4.74 Å². The van der Waals surface area contributed by atoms with Gasteiger partial charge >= 0.3 is 5.97 Å². The van der Waals surface area contributed by atoms with Crippen molar-refractivity contribution in [1.29, 1.82) is 0 Å². The molecule has 4 rings (SSSR count). The van der Waals surface area contributed by atoms with Gasteiger partial charge in [0.2, 0.25) is 11.8 Å². The molecule has 6 atom stereocenters. The van der Waals surface area contributed by atoms with Crippen molar-refractivity contribution in [3.05, 3.63) is 24.3 Å². The van der Waals surface area contributed by atoms with E-state index >= 15 is 0 Å². The number of nitrogens with zero attached hydrogens (tertiary/aromatic N) is 1. The van der Waals surface area contributed by atoms with Crippen molar-refractivity contribution in [2.75, 3.05) is 4.90 Å². The SMILES string of the molecule is CCCCCCCCCC(=O)Oc1cccc(N2C(=O)[C@@H]3[C@@H]4C[C@H]([C@H](Br)[C@@H]4Br)[C@@H]3C2=O)c1. The van der Waals surface area contributed by atoms with Gasteiger partial charge in [-0.2, -0.15) is 0 Å². The lowest BCUT2D eigenvalue weighted by molar-refractivity contribution is -0.134. The van der Waals surface area contributed by atoms with Crippen LogP contribution in [-0.4, -0.2) is 27.4 Å². The molecule has 1 aromatic rings. The number of imide groups is 1. The average molecular weight is 569 g/mol. The number of halogens is 2. The first kappa shape index (κ1) is 23.9. The van der Waals surface area contributed by atoms with E-state index < -0.39 is 0 Å². The molecule has 1 aliphatic heterocycles. The number of anilines is 1. The Morgan fingerprint density at radius 1 is 0.969 bits per heavy atom. The van der Waals surface area contributed by atoms with Crippen LogP contribution < -0.4 is 9.64 Å². The van der Waals surface area contributed by atoms with Crippen molar-refractivity contribution in [3.63, 3.8) is 0 Å². The number of hydrogen-bond acceptors (Lipinski definition) is 4. The van der Waals surface area contributed by atoms with Gasteiger partial charge in [-0.15, -0.1) is 0 Å². The number of ether oxygens (including phenoxy) is 1. The van der Waals surface area contributed by atoms with Gasteiger partial charge in [-0.3, -0.25) is 14.4 Å². The van der Waals surface area contributed by atoms with Crippen LogP contribution in [0, 0.1) is 23.7 Å². The first-order valence-electron chi connectivity index (χ1n) is 11.9.